The molecule has 0 amide bonds. The number of hydrogen-bond donors (Lipinski definition) is 2. The summed E-state index contributed by atoms with van der Waals surface area (Å²) in [6, 6.07) is 10.6. The van der Waals surface area contributed by atoms with Crippen molar-refractivity contribution in [3.8, 4) is 0 Å². The maximum Gasteiger partial charge on any atom is 0.128 e. The van der Waals surface area contributed by atoms with Gasteiger partial charge in [-0.15, -0.1) is 0 Å². The molecule has 2 rings (SSSR count). The first kappa shape index (κ1) is 12.4. The van der Waals surface area contributed by atoms with Crippen LogP contribution in [0, 0.1) is 13.8 Å². The molecule has 3 N–H and O–H groups in total. The molecule has 3 nitrogen and oxygen atoms in total. The summed E-state index contributed by atoms with van der Waals surface area (Å²) in [6.07, 6.45) is 1.79. The van der Waals surface area contributed by atoms with Crippen LogP contribution in [0.25, 0.3) is 0 Å². The second-order valence-electron chi connectivity index (χ2n) is 4.70. The van der Waals surface area contributed by atoms with Gasteiger partial charge in [0.2, 0.25) is 0 Å². The number of benzene rings is 1. The van der Waals surface area contributed by atoms with E-state index < -0.39 is 0 Å². The molecule has 1 aromatic carbocycles. The molecule has 0 saturated carbocycles. The van der Waals surface area contributed by atoms with Gasteiger partial charge in [-0.3, -0.25) is 0 Å². The second-order valence-corrected chi connectivity index (χ2v) is 4.70. The van der Waals surface area contributed by atoms with Crippen molar-refractivity contribution in [1.82, 2.24) is 4.98 Å². The topological polar surface area (TPSA) is 50.9 Å². The molecule has 1 heterocycles. The van der Waals surface area contributed by atoms with Crippen LogP contribution in [0.3, 0.4) is 0 Å². The van der Waals surface area contributed by atoms with Gasteiger partial charge in [0, 0.05) is 24.0 Å². The van der Waals surface area contributed by atoms with Crippen molar-refractivity contribution in [1.29, 1.82) is 0 Å². The lowest BCUT2D eigenvalue weighted by atomic mass is 10.1. The minimum Gasteiger partial charge on any atom is -0.398 e. The van der Waals surface area contributed by atoms with Crippen molar-refractivity contribution in [3.05, 3.63) is 53.2 Å². The lowest BCUT2D eigenvalue weighted by molar-refractivity contribution is 0.874. The van der Waals surface area contributed by atoms with E-state index in [0.717, 1.165) is 17.1 Å². The lowest BCUT2D eigenvalue weighted by Gasteiger charge is -2.15. The highest BCUT2D eigenvalue weighted by atomic mass is 15.0. The zero-order valence-corrected chi connectivity index (χ0v) is 11.1. The molecule has 18 heavy (non-hydrogen) atoms. The molecule has 0 bridgehead atoms. The number of hydrogen-bond acceptors (Lipinski definition) is 3. The van der Waals surface area contributed by atoms with Crippen molar-refractivity contribution in [2.45, 2.75) is 26.8 Å². The summed E-state index contributed by atoms with van der Waals surface area (Å²) >= 11 is 0. The lowest BCUT2D eigenvalue weighted by Crippen LogP contribution is -2.08. The summed E-state index contributed by atoms with van der Waals surface area (Å²) in [6.45, 7) is 6.15. The Morgan fingerprint density at radius 1 is 1.17 bits per heavy atom. The van der Waals surface area contributed by atoms with Crippen LogP contribution in [0.4, 0.5) is 11.5 Å². The summed E-state index contributed by atoms with van der Waals surface area (Å²) < 4.78 is 0. The number of nitrogens with one attached hydrogen (secondary N) is 1. The van der Waals surface area contributed by atoms with Gasteiger partial charge in [0.05, 0.1) is 0 Å². The fourth-order valence-electron chi connectivity index (χ4n) is 1.78. The van der Waals surface area contributed by atoms with Gasteiger partial charge in [0.25, 0.3) is 0 Å². The Morgan fingerprint density at radius 3 is 2.44 bits per heavy atom. The minimum atomic E-state index is 0.209. The van der Waals surface area contributed by atoms with E-state index in [4.69, 9.17) is 5.73 Å². The highest BCUT2D eigenvalue weighted by Gasteiger charge is 2.06. The molecule has 0 aliphatic heterocycles. The van der Waals surface area contributed by atoms with Gasteiger partial charge >= 0.3 is 0 Å². The average Bonchev–Trinajstić information content (AvgIpc) is 2.34. The van der Waals surface area contributed by atoms with Gasteiger partial charge in [0.15, 0.2) is 0 Å². The Hall–Kier alpha value is -2.03. The molecule has 1 aromatic heterocycles. The Morgan fingerprint density at radius 2 is 1.83 bits per heavy atom. The first-order valence-electron chi connectivity index (χ1n) is 6.11. The fourth-order valence-corrected chi connectivity index (χ4v) is 1.78. The predicted molar refractivity (Wildman–Crippen MR) is 76.6 cm³/mol. The summed E-state index contributed by atoms with van der Waals surface area (Å²) in [4.78, 5) is 4.33. The zero-order chi connectivity index (χ0) is 13.1. The third kappa shape index (κ3) is 2.80. The highest BCUT2D eigenvalue weighted by molar-refractivity contribution is 5.54. The van der Waals surface area contributed by atoms with Crippen LogP contribution in [0.1, 0.15) is 29.7 Å². The van der Waals surface area contributed by atoms with E-state index in [0.29, 0.717) is 0 Å². The van der Waals surface area contributed by atoms with Crippen molar-refractivity contribution < 1.29 is 0 Å². The molecule has 0 fully saturated rings. The van der Waals surface area contributed by atoms with Crippen molar-refractivity contribution in [2.24, 2.45) is 0 Å². The standard InChI is InChI=1S/C15H19N3/c1-10-4-6-13(7-5-10)12(3)18-15-8-14(16)11(2)9-17-15/h4-9,12H,1-3H3,(H3,16,17,18). The maximum absolute atomic E-state index is 5.87. The number of nitrogen functional groups attached to an aromatic ring is 1. The molecular formula is C15H19N3. The average molecular weight is 241 g/mol. The number of anilines is 2. The normalized spacial score (nSPS) is 12.2. The molecule has 0 aliphatic rings. The summed E-state index contributed by atoms with van der Waals surface area (Å²) in [5.74, 6) is 0.811. The molecule has 1 atom stereocenters. The number of nitrogens with zero attached hydrogens (tertiary/aromatic N) is 1. The molecular weight excluding hydrogens is 222 g/mol. The van der Waals surface area contributed by atoms with E-state index in [1.54, 1.807) is 6.20 Å². The van der Waals surface area contributed by atoms with Crippen LogP contribution >= 0.6 is 0 Å². The Kier molecular flexibility index (Phi) is 3.51. The van der Waals surface area contributed by atoms with Gasteiger partial charge in [0.1, 0.15) is 5.82 Å². The molecule has 0 radical (unpaired) electrons. The summed E-state index contributed by atoms with van der Waals surface area (Å²) in [5, 5.41) is 3.35. The first-order valence-corrected chi connectivity index (χ1v) is 6.11. The van der Waals surface area contributed by atoms with Crippen LogP contribution in [-0.2, 0) is 0 Å². The molecule has 0 saturated heterocycles. The minimum absolute atomic E-state index is 0.209. The van der Waals surface area contributed by atoms with Gasteiger partial charge in [-0.05, 0) is 31.9 Å². The van der Waals surface area contributed by atoms with Crippen molar-refractivity contribution in [2.75, 3.05) is 11.1 Å². The van der Waals surface area contributed by atoms with E-state index in [2.05, 4.69) is 48.4 Å². The van der Waals surface area contributed by atoms with Gasteiger partial charge in [-0.2, -0.15) is 0 Å². The van der Waals surface area contributed by atoms with E-state index >= 15 is 0 Å². The molecule has 3 heteroatoms. The SMILES string of the molecule is Cc1ccc(C(C)Nc2cc(N)c(C)cn2)cc1. The van der Waals surface area contributed by atoms with Gasteiger partial charge in [-0.1, -0.05) is 29.8 Å². The van der Waals surface area contributed by atoms with E-state index in [-0.39, 0.29) is 6.04 Å². The monoisotopic (exact) mass is 241 g/mol. The summed E-state index contributed by atoms with van der Waals surface area (Å²) in [7, 11) is 0. The van der Waals surface area contributed by atoms with Crippen LogP contribution in [0.5, 0.6) is 0 Å². The van der Waals surface area contributed by atoms with Crippen LogP contribution in [0.2, 0.25) is 0 Å². The Bertz CT molecular complexity index is 532. The van der Waals surface area contributed by atoms with Gasteiger partial charge in [-0.25, -0.2) is 4.98 Å². The Balaban J connectivity index is 2.13. The van der Waals surface area contributed by atoms with E-state index in [9.17, 15) is 0 Å². The van der Waals surface area contributed by atoms with Crippen LogP contribution < -0.4 is 11.1 Å². The smallest absolute Gasteiger partial charge is 0.128 e. The number of pyridine rings is 1. The molecule has 94 valence electrons. The molecule has 0 spiro atoms. The molecule has 2 aromatic rings. The number of aryl methyl sites for hydroxylation is 2. The van der Waals surface area contributed by atoms with Crippen LogP contribution in [-0.4, -0.2) is 4.98 Å². The predicted octanol–water partition coefficient (Wildman–Crippen LogP) is 3.45. The third-order valence-corrected chi connectivity index (χ3v) is 3.09. The summed E-state index contributed by atoms with van der Waals surface area (Å²) in [5.41, 5.74) is 10.2. The second kappa shape index (κ2) is 5.08. The van der Waals surface area contributed by atoms with Crippen molar-refractivity contribution in [3.63, 3.8) is 0 Å². The molecule has 0 aliphatic carbocycles. The van der Waals surface area contributed by atoms with Crippen molar-refractivity contribution >= 4 is 11.5 Å². The van der Waals surface area contributed by atoms with Gasteiger partial charge < -0.3 is 11.1 Å². The fraction of sp³-hybridized carbons (Fsp3) is 0.267. The number of rotatable bonds is 3. The van der Waals surface area contributed by atoms with E-state index in [1.165, 1.54) is 11.1 Å². The van der Waals surface area contributed by atoms with E-state index in [1.807, 2.05) is 13.0 Å². The number of aromatic nitrogens is 1. The largest absolute Gasteiger partial charge is 0.398 e. The quantitative estimate of drug-likeness (QED) is 0.865. The number of nitrogens with two attached hydrogens (primary N) is 1. The molecule has 1 unspecified atom stereocenters. The Labute approximate surface area is 108 Å². The maximum atomic E-state index is 5.87. The van der Waals surface area contributed by atoms with Crippen LogP contribution in [0.15, 0.2) is 36.5 Å². The highest BCUT2D eigenvalue weighted by Crippen LogP contribution is 2.20. The first-order chi connectivity index (χ1) is 8.56. The third-order valence-electron chi connectivity index (χ3n) is 3.09. The zero-order valence-electron chi connectivity index (χ0n) is 11.1.